The molecule has 1 fully saturated rings. The van der Waals surface area contributed by atoms with E-state index in [1.54, 1.807) is 0 Å². The first-order valence-electron chi connectivity index (χ1n) is 8.91. The van der Waals surface area contributed by atoms with E-state index in [2.05, 4.69) is 17.0 Å². The third kappa shape index (κ3) is 4.73. The molecule has 3 rings (SSSR count). The summed E-state index contributed by atoms with van der Waals surface area (Å²) in [5.41, 5.74) is 0.695. The first-order chi connectivity index (χ1) is 12.4. The van der Waals surface area contributed by atoms with Gasteiger partial charge >= 0.3 is 6.18 Å². The van der Waals surface area contributed by atoms with Gasteiger partial charge in [-0.2, -0.15) is 13.2 Å². The van der Waals surface area contributed by atoms with Crippen molar-refractivity contribution in [1.29, 1.82) is 0 Å². The average Bonchev–Trinajstić information content (AvgIpc) is 2.66. The number of carbonyl (C=O) groups excluding carboxylic acids is 1. The fourth-order valence-corrected chi connectivity index (χ4v) is 3.44. The number of halogens is 3. The molecular weight excluding hydrogens is 339 g/mol. The van der Waals surface area contributed by atoms with Crippen molar-refractivity contribution in [1.82, 2.24) is 4.90 Å². The highest BCUT2D eigenvalue weighted by Crippen LogP contribution is 2.31. The molecule has 1 aliphatic rings. The first-order valence-corrected chi connectivity index (χ1v) is 8.91. The van der Waals surface area contributed by atoms with Gasteiger partial charge in [0.05, 0.1) is 5.56 Å². The van der Waals surface area contributed by atoms with Crippen molar-refractivity contribution in [3.63, 3.8) is 0 Å². The normalized spacial score (nSPS) is 16.6. The van der Waals surface area contributed by atoms with Crippen LogP contribution in [0.1, 0.15) is 34.3 Å². The van der Waals surface area contributed by atoms with E-state index < -0.39 is 11.7 Å². The number of Topliss-reactive ketones (excluding diaryl/α,β-unsaturated/α-hetero) is 1. The third-order valence-corrected chi connectivity index (χ3v) is 4.99. The lowest BCUT2D eigenvalue weighted by atomic mass is 9.88. The Bertz CT molecular complexity index is 734. The molecule has 0 atom stereocenters. The number of hydrogen-bond acceptors (Lipinski definition) is 2. The zero-order valence-corrected chi connectivity index (χ0v) is 14.5. The van der Waals surface area contributed by atoms with Crippen molar-refractivity contribution in [3.8, 4) is 0 Å². The van der Waals surface area contributed by atoms with E-state index in [4.69, 9.17) is 0 Å². The molecule has 1 heterocycles. The molecule has 0 radical (unpaired) electrons. The van der Waals surface area contributed by atoms with Gasteiger partial charge in [-0.25, -0.2) is 0 Å². The molecule has 0 aliphatic carbocycles. The maximum Gasteiger partial charge on any atom is 0.416 e. The number of likely N-dealkylation sites (tertiary alicyclic amines) is 1. The summed E-state index contributed by atoms with van der Waals surface area (Å²) in [4.78, 5) is 14.9. The standard InChI is InChI=1S/C21H22F3NO/c22-21(23,24)19-8-4-7-18(15-19)20(26)17-10-13-25(14-11-17)12-9-16-5-2-1-3-6-16/h1-8,15,17H,9-14H2. The Kier molecular flexibility index (Phi) is 5.77. The van der Waals surface area contributed by atoms with Crippen LogP contribution >= 0.6 is 0 Å². The Morgan fingerprint density at radius 1 is 1.00 bits per heavy atom. The molecule has 0 spiro atoms. The molecule has 0 N–H and O–H groups in total. The number of benzene rings is 2. The second-order valence-electron chi connectivity index (χ2n) is 6.79. The van der Waals surface area contributed by atoms with Crippen LogP contribution in [0, 0.1) is 5.92 Å². The highest BCUT2D eigenvalue weighted by Gasteiger charge is 2.32. The number of piperidine rings is 1. The number of ketones is 1. The maximum absolute atomic E-state index is 12.8. The summed E-state index contributed by atoms with van der Waals surface area (Å²) in [6, 6.07) is 15.0. The van der Waals surface area contributed by atoms with Crippen LogP contribution in [0.3, 0.4) is 0 Å². The fraction of sp³-hybridized carbons (Fsp3) is 0.381. The van der Waals surface area contributed by atoms with Crippen molar-refractivity contribution < 1.29 is 18.0 Å². The molecular formula is C21H22F3NO. The topological polar surface area (TPSA) is 20.3 Å². The lowest BCUT2D eigenvalue weighted by Crippen LogP contribution is -2.37. The van der Waals surface area contributed by atoms with Crippen LogP contribution in [0.4, 0.5) is 13.2 Å². The minimum Gasteiger partial charge on any atom is -0.303 e. The van der Waals surface area contributed by atoms with Gasteiger partial charge in [-0.1, -0.05) is 42.5 Å². The van der Waals surface area contributed by atoms with E-state index in [1.807, 2.05) is 18.2 Å². The quantitative estimate of drug-likeness (QED) is 0.710. The second kappa shape index (κ2) is 8.04. The molecule has 1 saturated heterocycles. The third-order valence-electron chi connectivity index (χ3n) is 4.99. The number of nitrogens with zero attached hydrogens (tertiary/aromatic N) is 1. The van der Waals surface area contributed by atoms with Gasteiger partial charge in [0.2, 0.25) is 0 Å². The summed E-state index contributed by atoms with van der Waals surface area (Å²) in [6.07, 6.45) is -2.06. The van der Waals surface area contributed by atoms with Gasteiger partial charge in [0, 0.05) is 18.0 Å². The van der Waals surface area contributed by atoms with Crippen LogP contribution in [0.25, 0.3) is 0 Å². The fourth-order valence-electron chi connectivity index (χ4n) is 3.44. The van der Waals surface area contributed by atoms with Gasteiger partial charge in [-0.05, 0) is 50.0 Å². The summed E-state index contributed by atoms with van der Waals surface area (Å²) < 4.78 is 38.5. The summed E-state index contributed by atoms with van der Waals surface area (Å²) in [6.45, 7) is 2.55. The van der Waals surface area contributed by atoms with Gasteiger partial charge in [-0.3, -0.25) is 4.79 Å². The predicted molar refractivity (Wildman–Crippen MR) is 95.1 cm³/mol. The first kappa shape index (κ1) is 18.6. The van der Waals surface area contributed by atoms with Crippen LogP contribution in [0.2, 0.25) is 0 Å². The van der Waals surface area contributed by atoms with Crippen LogP contribution in [0.15, 0.2) is 54.6 Å². The highest BCUT2D eigenvalue weighted by molar-refractivity contribution is 5.98. The average molecular weight is 361 g/mol. The zero-order valence-electron chi connectivity index (χ0n) is 14.5. The van der Waals surface area contributed by atoms with Crippen molar-refractivity contribution in [2.24, 2.45) is 5.92 Å². The van der Waals surface area contributed by atoms with Gasteiger partial charge in [-0.15, -0.1) is 0 Å². The van der Waals surface area contributed by atoms with Crippen molar-refractivity contribution in [2.45, 2.75) is 25.4 Å². The van der Waals surface area contributed by atoms with E-state index >= 15 is 0 Å². The molecule has 2 nitrogen and oxygen atoms in total. The molecule has 2 aromatic carbocycles. The molecule has 0 saturated carbocycles. The molecule has 138 valence electrons. The Morgan fingerprint density at radius 3 is 2.35 bits per heavy atom. The van der Waals surface area contributed by atoms with Crippen LogP contribution in [0.5, 0.6) is 0 Å². The zero-order chi connectivity index (χ0) is 18.6. The number of carbonyl (C=O) groups is 1. The largest absolute Gasteiger partial charge is 0.416 e. The molecule has 26 heavy (non-hydrogen) atoms. The smallest absolute Gasteiger partial charge is 0.303 e. The number of alkyl halides is 3. The van der Waals surface area contributed by atoms with Crippen molar-refractivity contribution in [2.75, 3.05) is 19.6 Å². The molecule has 2 aromatic rings. The summed E-state index contributed by atoms with van der Waals surface area (Å²) in [7, 11) is 0. The maximum atomic E-state index is 12.8. The Hall–Kier alpha value is -2.14. The molecule has 0 aromatic heterocycles. The van der Waals surface area contributed by atoms with Crippen molar-refractivity contribution >= 4 is 5.78 Å². The highest BCUT2D eigenvalue weighted by atomic mass is 19.4. The summed E-state index contributed by atoms with van der Waals surface area (Å²) >= 11 is 0. The number of hydrogen-bond donors (Lipinski definition) is 0. The van der Waals surface area contributed by atoms with E-state index in [1.165, 1.54) is 17.7 Å². The number of rotatable bonds is 5. The minimum absolute atomic E-state index is 0.168. The van der Waals surface area contributed by atoms with Crippen molar-refractivity contribution in [3.05, 3.63) is 71.3 Å². The Labute approximate surface area is 151 Å². The predicted octanol–water partition coefficient (Wildman–Crippen LogP) is 4.84. The summed E-state index contributed by atoms with van der Waals surface area (Å²) in [5, 5.41) is 0. The second-order valence-corrected chi connectivity index (χ2v) is 6.79. The molecule has 5 heteroatoms. The van der Waals surface area contributed by atoms with Gasteiger partial charge in [0.1, 0.15) is 0 Å². The molecule has 0 bridgehead atoms. The Balaban J connectivity index is 1.54. The summed E-state index contributed by atoms with van der Waals surface area (Å²) in [5.74, 6) is -0.356. The van der Waals surface area contributed by atoms with Crippen LogP contribution in [-0.2, 0) is 12.6 Å². The van der Waals surface area contributed by atoms with E-state index in [9.17, 15) is 18.0 Å². The van der Waals surface area contributed by atoms with E-state index in [0.29, 0.717) is 12.8 Å². The molecule has 0 amide bonds. The lowest BCUT2D eigenvalue weighted by Gasteiger charge is -2.31. The minimum atomic E-state index is -4.42. The Morgan fingerprint density at radius 2 is 1.69 bits per heavy atom. The monoisotopic (exact) mass is 361 g/mol. The van der Waals surface area contributed by atoms with Crippen LogP contribution in [-0.4, -0.2) is 30.3 Å². The van der Waals surface area contributed by atoms with E-state index in [-0.39, 0.29) is 17.3 Å². The van der Waals surface area contributed by atoms with E-state index in [0.717, 1.165) is 38.2 Å². The van der Waals surface area contributed by atoms with Gasteiger partial charge < -0.3 is 4.90 Å². The van der Waals surface area contributed by atoms with Gasteiger partial charge in [0.25, 0.3) is 0 Å². The lowest BCUT2D eigenvalue weighted by molar-refractivity contribution is -0.137. The van der Waals surface area contributed by atoms with Gasteiger partial charge in [0.15, 0.2) is 5.78 Å². The molecule has 1 aliphatic heterocycles. The molecule has 0 unspecified atom stereocenters. The SMILES string of the molecule is O=C(c1cccc(C(F)(F)F)c1)C1CCN(CCc2ccccc2)CC1. The van der Waals surface area contributed by atoms with Crippen LogP contribution < -0.4 is 0 Å².